The summed E-state index contributed by atoms with van der Waals surface area (Å²) < 4.78 is 10.7. The number of rotatable bonds is 6. The van der Waals surface area contributed by atoms with Crippen LogP contribution in [-0.2, 0) is 13.0 Å². The number of benzene rings is 2. The summed E-state index contributed by atoms with van der Waals surface area (Å²) in [5, 5.41) is 6.65. The first-order chi connectivity index (χ1) is 11.8. The summed E-state index contributed by atoms with van der Waals surface area (Å²) in [5.74, 6) is 2.49. The first kappa shape index (κ1) is 19.4. The zero-order valence-electron chi connectivity index (χ0n) is 14.3. The molecule has 0 amide bonds. The molecule has 0 atom stereocenters. The molecular weight excluding hydrogens is 429 g/mol. The Morgan fingerprint density at radius 1 is 1.00 bits per heavy atom. The maximum atomic E-state index is 5.41. The molecule has 1 aliphatic heterocycles. The predicted octanol–water partition coefficient (Wildman–Crippen LogP) is 3.33. The zero-order chi connectivity index (χ0) is 16.6. The van der Waals surface area contributed by atoms with E-state index in [9.17, 15) is 0 Å². The van der Waals surface area contributed by atoms with Gasteiger partial charge in [-0.2, -0.15) is 0 Å². The molecule has 1 aliphatic rings. The summed E-state index contributed by atoms with van der Waals surface area (Å²) in [5.41, 5.74) is 2.41. The Hall–Kier alpha value is -1.96. The van der Waals surface area contributed by atoms with Crippen molar-refractivity contribution in [2.45, 2.75) is 19.9 Å². The van der Waals surface area contributed by atoms with Gasteiger partial charge < -0.3 is 20.1 Å². The van der Waals surface area contributed by atoms with Gasteiger partial charge in [-0.1, -0.05) is 36.4 Å². The maximum Gasteiger partial charge on any atom is 0.231 e. The van der Waals surface area contributed by atoms with Crippen molar-refractivity contribution in [1.29, 1.82) is 0 Å². The second kappa shape index (κ2) is 10.1. The van der Waals surface area contributed by atoms with Gasteiger partial charge in [0.2, 0.25) is 6.79 Å². The number of nitrogens with one attached hydrogen (secondary N) is 2. The van der Waals surface area contributed by atoms with Crippen LogP contribution in [0, 0.1) is 0 Å². The number of ether oxygens (including phenoxy) is 2. The minimum Gasteiger partial charge on any atom is -0.454 e. The van der Waals surface area contributed by atoms with Crippen molar-refractivity contribution in [2.75, 3.05) is 19.9 Å². The SMILES string of the molecule is CCNC(=NCc1ccccc1)NCCc1ccc2c(c1)OCO2.I. The van der Waals surface area contributed by atoms with E-state index in [-0.39, 0.29) is 24.0 Å². The highest BCUT2D eigenvalue weighted by atomic mass is 127. The van der Waals surface area contributed by atoms with Crippen LogP contribution in [-0.4, -0.2) is 25.8 Å². The molecule has 25 heavy (non-hydrogen) atoms. The molecule has 2 aromatic carbocycles. The van der Waals surface area contributed by atoms with Crippen molar-refractivity contribution in [3.05, 3.63) is 59.7 Å². The number of aliphatic imine (C=N–C) groups is 1. The lowest BCUT2D eigenvalue weighted by Crippen LogP contribution is -2.38. The average Bonchev–Trinajstić information content (AvgIpc) is 3.08. The van der Waals surface area contributed by atoms with Gasteiger partial charge in [0.25, 0.3) is 0 Å². The van der Waals surface area contributed by atoms with E-state index in [0.717, 1.165) is 37.0 Å². The largest absolute Gasteiger partial charge is 0.454 e. The Morgan fingerprint density at radius 2 is 1.80 bits per heavy atom. The second-order valence-electron chi connectivity index (χ2n) is 5.55. The third-order valence-electron chi connectivity index (χ3n) is 3.75. The van der Waals surface area contributed by atoms with Crippen LogP contribution in [0.4, 0.5) is 0 Å². The fourth-order valence-electron chi connectivity index (χ4n) is 2.52. The Morgan fingerprint density at radius 3 is 2.60 bits per heavy atom. The van der Waals surface area contributed by atoms with Gasteiger partial charge in [-0.25, -0.2) is 4.99 Å². The number of hydrogen-bond donors (Lipinski definition) is 2. The van der Waals surface area contributed by atoms with Crippen molar-refractivity contribution in [2.24, 2.45) is 4.99 Å². The summed E-state index contributed by atoms with van der Waals surface area (Å²) in [4.78, 5) is 4.62. The van der Waals surface area contributed by atoms with E-state index in [1.165, 1.54) is 11.1 Å². The van der Waals surface area contributed by atoms with Crippen molar-refractivity contribution >= 4 is 29.9 Å². The van der Waals surface area contributed by atoms with Crippen molar-refractivity contribution in [3.8, 4) is 11.5 Å². The first-order valence-electron chi connectivity index (χ1n) is 8.30. The molecule has 134 valence electrons. The van der Waals surface area contributed by atoms with Gasteiger partial charge in [0, 0.05) is 13.1 Å². The summed E-state index contributed by atoms with van der Waals surface area (Å²) in [6.07, 6.45) is 0.895. The summed E-state index contributed by atoms with van der Waals surface area (Å²) in [6.45, 7) is 4.69. The normalized spacial score (nSPS) is 12.4. The lowest BCUT2D eigenvalue weighted by molar-refractivity contribution is 0.174. The highest BCUT2D eigenvalue weighted by Gasteiger charge is 2.12. The predicted molar refractivity (Wildman–Crippen MR) is 111 cm³/mol. The third kappa shape index (κ3) is 5.81. The maximum absolute atomic E-state index is 5.41. The van der Waals surface area contributed by atoms with Crippen LogP contribution in [0.2, 0.25) is 0 Å². The standard InChI is InChI=1S/C19H23N3O2.HI/c1-2-20-19(22-13-16-6-4-3-5-7-16)21-11-10-15-8-9-17-18(12-15)24-14-23-17;/h3-9,12H,2,10-11,13-14H2,1H3,(H2,20,21,22);1H. The summed E-state index contributed by atoms with van der Waals surface area (Å²) in [7, 11) is 0. The van der Waals surface area contributed by atoms with Crippen LogP contribution in [0.3, 0.4) is 0 Å². The van der Waals surface area contributed by atoms with Crippen molar-refractivity contribution < 1.29 is 9.47 Å². The molecule has 0 spiro atoms. The molecule has 0 saturated carbocycles. The number of halogens is 1. The molecule has 2 N–H and O–H groups in total. The van der Waals surface area contributed by atoms with Gasteiger partial charge >= 0.3 is 0 Å². The minimum atomic E-state index is 0. The smallest absolute Gasteiger partial charge is 0.231 e. The topological polar surface area (TPSA) is 54.9 Å². The van der Waals surface area contributed by atoms with Crippen LogP contribution in [0.5, 0.6) is 11.5 Å². The van der Waals surface area contributed by atoms with E-state index < -0.39 is 0 Å². The molecule has 1 heterocycles. The third-order valence-corrected chi connectivity index (χ3v) is 3.75. The van der Waals surface area contributed by atoms with Gasteiger partial charge in [0.1, 0.15) is 0 Å². The lowest BCUT2D eigenvalue weighted by Gasteiger charge is -2.11. The number of nitrogens with zero attached hydrogens (tertiary/aromatic N) is 1. The highest BCUT2D eigenvalue weighted by Crippen LogP contribution is 2.32. The summed E-state index contributed by atoms with van der Waals surface area (Å²) >= 11 is 0. The van der Waals surface area contributed by atoms with E-state index >= 15 is 0 Å². The minimum absolute atomic E-state index is 0. The molecule has 0 aliphatic carbocycles. The van der Waals surface area contributed by atoms with E-state index in [2.05, 4.69) is 40.7 Å². The van der Waals surface area contributed by atoms with E-state index in [1.54, 1.807) is 0 Å². The molecule has 0 unspecified atom stereocenters. The van der Waals surface area contributed by atoms with Gasteiger partial charge in [-0.05, 0) is 36.6 Å². The molecule has 3 rings (SSSR count). The van der Waals surface area contributed by atoms with E-state index in [1.807, 2.05) is 30.3 Å². The number of hydrogen-bond acceptors (Lipinski definition) is 3. The Bertz CT molecular complexity index is 692. The second-order valence-corrected chi connectivity index (χ2v) is 5.55. The average molecular weight is 453 g/mol. The first-order valence-corrected chi connectivity index (χ1v) is 8.30. The Labute approximate surface area is 165 Å². The van der Waals surface area contributed by atoms with Crippen LogP contribution in [0.1, 0.15) is 18.1 Å². The van der Waals surface area contributed by atoms with Gasteiger partial charge in [0.15, 0.2) is 17.5 Å². The fourth-order valence-corrected chi connectivity index (χ4v) is 2.52. The molecule has 0 saturated heterocycles. The van der Waals surface area contributed by atoms with Gasteiger partial charge in [-0.3, -0.25) is 0 Å². The van der Waals surface area contributed by atoms with Gasteiger partial charge in [0.05, 0.1) is 6.54 Å². The molecule has 0 bridgehead atoms. The number of guanidine groups is 1. The molecule has 0 radical (unpaired) electrons. The monoisotopic (exact) mass is 453 g/mol. The summed E-state index contributed by atoms with van der Waals surface area (Å²) in [6, 6.07) is 16.3. The number of fused-ring (bicyclic) bond motifs is 1. The Balaban J connectivity index is 0.00000225. The molecule has 2 aromatic rings. The molecular formula is C19H24IN3O2. The van der Waals surface area contributed by atoms with Gasteiger partial charge in [-0.15, -0.1) is 24.0 Å². The fraction of sp³-hybridized carbons (Fsp3) is 0.316. The van der Waals surface area contributed by atoms with E-state index in [4.69, 9.17) is 9.47 Å². The van der Waals surface area contributed by atoms with Crippen LogP contribution < -0.4 is 20.1 Å². The zero-order valence-corrected chi connectivity index (χ0v) is 16.7. The van der Waals surface area contributed by atoms with Crippen LogP contribution in [0.25, 0.3) is 0 Å². The molecule has 6 heteroatoms. The quantitative estimate of drug-likeness (QED) is 0.401. The van der Waals surface area contributed by atoms with Crippen molar-refractivity contribution in [3.63, 3.8) is 0 Å². The lowest BCUT2D eigenvalue weighted by atomic mass is 10.1. The molecule has 0 fully saturated rings. The molecule has 5 nitrogen and oxygen atoms in total. The molecule has 0 aromatic heterocycles. The Kier molecular flexibility index (Phi) is 7.84. The highest BCUT2D eigenvalue weighted by molar-refractivity contribution is 14.0. The van der Waals surface area contributed by atoms with Crippen molar-refractivity contribution in [1.82, 2.24) is 10.6 Å². The van der Waals surface area contributed by atoms with Crippen LogP contribution in [0.15, 0.2) is 53.5 Å². The van der Waals surface area contributed by atoms with Crippen LogP contribution >= 0.6 is 24.0 Å². The van der Waals surface area contributed by atoms with E-state index in [0.29, 0.717) is 13.3 Å².